The fourth-order valence-corrected chi connectivity index (χ4v) is 3.50. The largest absolute Gasteiger partial charge is 0.493 e. The summed E-state index contributed by atoms with van der Waals surface area (Å²) in [6.45, 7) is 2.14. The van der Waals surface area contributed by atoms with Gasteiger partial charge < -0.3 is 9.80 Å². The van der Waals surface area contributed by atoms with Gasteiger partial charge in [-0.3, -0.25) is 0 Å². The van der Waals surface area contributed by atoms with Crippen LogP contribution >= 0.6 is 0 Å². The normalized spacial score (nSPS) is 12.4. The number of benzene rings is 4. The molecule has 0 atom stereocenters. The number of nitrogens with zero attached hydrogens (tertiary/aromatic N) is 2. The van der Waals surface area contributed by atoms with Crippen molar-refractivity contribution in [2.45, 2.75) is 0 Å². The first-order valence-electron chi connectivity index (χ1n) is 9.05. The van der Waals surface area contributed by atoms with Crippen molar-refractivity contribution in [1.29, 1.82) is 0 Å². The van der Waals surface area contributed by atoms with Crippen LogP contribution in [0.3, 0.4) is 0 Å². The summed E-state index contributed by atoms with van der Waals surface area (Å²) in [5, 5.41) is 0. The van der Waals surface area contributed by atoms with Crippen molar-refractivity contribution in [3.8, 4) is 11.1 Å². The summed E-state index contributed by atoms with van der Waals surface area (Å²) in [4.78, 5) is 4.42. The van der Waals surface area contributed by atoms with Crippen molar-refractivity contribution in [3.63, 3.8) is 0 Å². The van der Waals surface area contributed by atoms with Gasteiger partial charge in [-0.2, -0.15) is 18.2 Å². The van der Waals surface area contributed by atoms with E-state index in [9.17, 15) is 0 Å². The maximum Gasteiger partial charge on any atom is 0.0344 e. The molecule has 0 fully saturated rings. The number of hydrogen-bond acceptors (Lipinski definition) is 2. The van der Waals surface area contributed by atoms with Crippen molar-refractivity contribution in [1.82, 2.24) is 0 Å². The van der Waals surface area contributed by atoms with E-state index in [-0.39, 0.29) is 20.1 Å². The molecule has 1 aliphatic rings. The van der Waals surface area contributed by atoms with Crippen molar-refractivity contribution >= 4 is 22.7 Å². The average molecular weight is 539 g/mol. The number of fused-ring (bicyclic) bond motifs is 1. The Morgan fingerprint density at radius 1 is 0.607 bits per heavy atom. The van der Waals surface area contributed by atoms with Crippen LogP contribution in [0, 0.1) is 12.7 Å². The molecule has 0 spiro atoms. The Kier molecular flexibility index (Phi) is 5.29. The second-order valence-corrected chi connectivity index (χ2v) is 6.51. The SMILES string of the molecule is [Ir].[c-]1ccc(-c2ccccc2)cc1N1[CH-]N(c2ccccc2)c2ccccc21. The maximum atomic E-state index is 3.40. The van der Waals surface area contributed by atoms with Crippen molar-refractivity contribution in [2.75, 3.05) is 9.80 Å². The van der Waals surface area contributed by atoms with E-state index < -0.39 is 0 Å². The Hall–Kier alpha value is -2.87. The smallest absolute Gasteiger partial charge is 0.0344 e. The monoisotopic (exact) mass is 539 g/mol. The third-order valence-electron chi connectivity index (χ3n) is 4.82. The van der Waals surface area contributed by atoms with Crippen LogP contribution in [0.25, 0.3) is 11.1 Å². The molecule has 0 saturated heterocycles. The van der Waals surface area contributed by atoms with E-state index in [0.717, 1.165) is 17.1 Å². The fraction of sp³-hybridized carbons (Fsp3) is 0. The molecule has 0 N–H and O–H groups in total. The summed E-state index contributed by atoms with van der Waals surface area (Å²) >= 11 is 0. The summed E-state index contributed by atoms with van der Waals surface area (Å²) in [6, 6.07) is 39.0. The van der Waals surface area contributed by atoms with Crippen LogP contribution in [0.1, 0.15) is 0 Å². The quantitative estimate of drug-likeness (QED) is 0.273. The van der Waals surface area contributed by atoms with Crippen LogP contribution < -0.4 is 9.80 Å². The van der Waals surface area contributed by atoms with Gasteiger partial charge >= 0.3 is 0 Å². The van der Waals surface area contributed by atoms with E-state index in [2.05, 4.69) is 107 Å². The Balaban J connectivity index is 0.00000192. The molecular formula is C25H18IrN2-2. The Morgan fingerprint density at radius 2 is 1.21 bits per heavy atom. The average Bonchev–Trinajstić information content (AvgIpc) is 3.15. The van der Waals surface area contributed by atoms with Crippen molar-refractivity contribution < 1.29 is 20.1 Å². The third kappa shape index (κ3) is 3.35. The van der Waals surface area contributed by atoms with Crippen LogP contribution in [-0.2, 0) is 20.1 Å². The standard InChI is InChI=1S/C25H18N2.Ir/c1-3-10-20(11-4-1)21-12-9-15-23(18-21)27-19-26(22-13-5-2-6-14-22)24-16-7-8-17-25(24)27;/h1-14,16-19H;/q-2;. The van der Waals surface area contributed by atoms with Crippen molar-refractivity contribution in [3.05, 3.63) is 116 Å². The molecule has 28 heavy (non-hydrogen) atoms. The molecule has 4 aromatic carbocycles. The molecular weight excluding hydrogens is 521 g/mol. The maximum absolute atomic E-state index is 3.40. The van der Waals surface area contributed by atoms with E-state index in [0.29, 0.717) is 0 Å². The summed E-state index contributed by atoms with van der Waals surface area (Å²) in [7, 11) is 0. The van der Waals surface area contributed by atoms with Crippen LogP contribution in [-0.4, -0.2) is 0 Å². The molecule has 4 aromatic rings. The number of anilines is 4. The molecule has 0 unspecified atom stereocenters. The molecule has 0 bridgehead atoms. The number of para-hydroxylation sites is 3. The number of rotatable bonds is 3. The zero-order valence-electron chi connectivity index (χ0n) is 15.1. The second kappa shape index (κ2) is 8.02. The first kappa shape index (κ1) is 18.5. The fourth-order valence-electron chi connectivity index (χ4n) is 3.50. The van der Waals surface area contributed by atoms with Gasteiger partial charge in [0.2, 0.25) is 0 Å². The minimum Gasteiger partial charge on any atom is -0.493 e. The molecule has 0 aromatic heterocycles. The molecule has 0 amide bonds. The molecule has 139 valence electrons. The molecule has 1 aliphatic heterocycles. The van der Waals surface area contributed by atoms with Gasteiger partial charge in [0, 0.05) is 37.2 Å². The van der Waals surface area contributed by atoms with Crippen LogP contribution in [0.4, 0.5) is 22.7 Å². The van der Waals surface area contributed by atoms with Crippen LogP contribution in [0.15, 0.2) is 103 Å². The van der Waals surface area contributed by atoms with E-state index in [1.807, 2.05) is 18.2 Å². The first-order chi connectivity index (χ1) is 13.4. The first-order valence-corrected chi connectivity index (χ1v) is 9.05. The van der Waals surface area contributed by atoms with Crippen LogP contribution in [0.2, 0.25) is 0 Å². The molecule has 0 saturated carbocycles. The molecule has 2 nitrogen and oxygen atoms in total. The van der Waals surface area contributed by atoms with E-state index in [4.69, 9.17) is 0 Å². The summed E-state index contributed by atoms with van der Waals surface area (Å²) in [5.41, 5.74) is 6.90. The summed E-state index contributed by atoms with van der Waals surface area (Å²) in [6.07, 6.45) is 0. The Morgan fingerprint density at radius 3 is 1.93 bits per heavy atom. The van der Waals surface area contributed by atoms with E-state index in [1.165, 1.54) is 16.8 Å². The van der Waals surface area contributed by atoms with Crippen molar-refractivity contribution in [2.24, 2.45) is 0 Å². The third-order valence-corrected chi connectivity index (χ3v) is 4.82. The van der Waals surface area contributed by atoms with Gasteiger partial charge in [-0.15, -0.1) is 24.0 Å². The summed E-state index contributed by atoms with van der Waals surface area (Å²) in [5.74, 6) is 0. The minimum absolute atomic E-state index is 0. The van der Waals surface area contributed by atoms with Gasteiger partial charge in [-0.25, -0.2) is 0 Å². The molecule has 3 heteroatoms. The van der Waals surface area contributed by atoms with Crippen LogP contribution in [0.5, 0.6) is 0 Å². The van der Waals surface area contributed by atoms with E-state index >= 15 is 0 Å². The van der Waals surface area contributed by atoms with E-state index in [1.54, 1.807) is 0 Å². The molecule has 1 heterocycles. The molecule has 0 aliphatic carbocycles. The van der Waals surface area contributed by atoms with Gasteiger partial charge in [-0.05, 0) is 29.8 Å². The Labute approximate surface area is 179 Å². The predicted octanol–water partition coefficient (Wildman–Crippen LogP) is 6.56. The van der Waals surface area contributed by atoms with Gasteiger partial charge in [0.25, 0.3) is 0 Å². The molecule has 5 rings (SSSR count). The minimum atomic E-state index is 0. The zero-order valence-corrected chi connectivity index (χ0v) is 17.5. The van der Waals surface area contributed by atoms with Gasteiger partial charge in [0.1, 0.15) is 0 Å². The van der Waals surface area contributed by atoms with Gasteiger partial charge in [-0.1, -0.05) is 60.7 Å². The second-order valence-electron chi connectivity index (χ2n) is 6.51. The topological polar surface area (TPSA) is 6.48 Å². The van der Waals surface area contributed by atoms with Gasteiger partial charge in [0.05, 0.1) is 0 Å². The Bertz CT molecular complexity index is 1060. The predicted molar refractivity (Wildman–Crippen MR) is 112 cm³/mol. The van der Waals surface area contributed by atoms with Gasteiger partial charge in [0.15, 0.2) is 0 Å². The zero-order chi connectivity index (χ0) is 18.1. The summed E-state index contributed by atoms with van der Waals surface area (Å²) < 4.78 is 0. The number of hydrogen-bond donors (Lipinski definition) is 0. The molecule has 1 radical (unpaired) electrons.